The first kappa shape index (κ1) is 30.9. The molecule has 0 bridgehead atoms. The van der Waals surface area contributed by atoms with Crippen LogP contribution in [0.4, 0.5) is 0 Å². The van der Waals surface area contributed by atoms with Crippen LogP contribution in [0.1, 0.15) is 174 Å². The largest absolute Gasteiger partial charge is 0.393 e. The Bertz CT molecular complexity index is 318. The zero-order valence-corrected chi connectivity index (χ0v) is 21.7. The highest BCUT2D eigenvalue weighted by Crippen LogP contribution is 2.16. The Morgan fingerprint density at radius 3 is 0.839 bits per heavy atom. The monoisotopic (exact) mass is 440 g/mol. The van der Waals surface area contributed by atoms with E-state index >= 15 is 0 Å². The molecule has 0 fully saturated rings. The zero-order valence-electron chi connectivity index (χ0n) is 21.7. The van der Waals surface area contributed by atoms with Gasteiger partial charge in [0.05, 0.1) is 12.2 Å². The van der Waals surface area contributed by atoms with E-state index in [2.05, 4.69) is 13.8 Å². The minimum absolute atomic E-state index is 0.304. The topological polar surface area (TPSA) is 40.5 Å². The van der Waals surface area contributed by atoms with Crippen molar-refractivity contribution in [3.8, 4) is 0 Å². The lowest BCUT2D eigenvalue weighted by molar-refractivity contribution is 0.0680. The minimum Gasteiger partial charge on any atom is -0.393 e. The van der Waals surface area contributed by atoms with E-state index in [0.717, 1.165) is 25.7 Å². The Labute approximate surface area is 197 Å². The highest BCUT2D eigenvalue weighted by atomic mass is 16.3. The van der Waals surface area contributed by atoms with E-state index < -0.39 is 0 Å². The predicted molar refractivity (Wildman–Crippen MR) is 139 cm³/mol. The van der Waals surface area contributed by atoms with Crippen LogP contribution >= 0.6 is 0 Å². The van der Waals surface area contributed by atoms with Crippen molar-refractivity contribution in [1.29, 1.82) is 0 Å². The molecule has 188 valence electrons. The summed E-state index contributed by atoms with van der Waals surface area (Å²) in [5, 5.41) is 20.4. The molecule has 0 aliphatic heterocycles. The molecule has 2 atom stereocenters. The first-order valence-electron chi connectivity index (χ1n) is 14.6. The molecular weight excluding hydrogens is 380 g/mol. The normalized spacial score (nSPS) is 13.5. The summed E-state index contributed by atoms with van der Waals surface area (Å²) in [5.74, 6) is 0. The number of rotatable bonds is 26. The zero-order chi connectivity index (χ0) is 22.8. The molecule has 31 heavy (non-hydrogen) atoms. The molecule has 0 aliphatic carbocycles. The van der Waals surface area contributed by atoms with Gasteiger partial charge in [-0.3, -0.25) is 0 Å². The maximum Gasteiger partial charge on any atom is 0.0564 e. The summed E-state index contributed by atoms with van der Waals surface area (Å²) in [5.41, 5.74) is 0. The van der Waals surface area contributed by atoms with Crippen molar-refractivity contribution >= 4 is 0 Å². The molecule has 0 heterocycles. The van der Waals surface area contributed by atoms with Gasteiger partial charge in [-0.1, -0.05) is 155 Å². The van der Waals surface area contributed by atoms with E-state index in [0.29, 0.717) is 6.42 Å². The summed E-state index contributed by atoms with van der Waals surface area (Å²) in [7, 11) is 0. The Morgan fingerprint density at radius 1 is 0.355 bits per heavy atom. The molecule has 0 spiro atoms. The van der Waals surface area contributed by atoms with Crippen LogP contribution in [0.5, 0.6) is 0 Å². The van der Waals surface area contributed by atoms with Crippen molar-refractivity contribution in [3.63, 3.8) is 0 Å². The van der Waals surface area contributed by atoms with Crippen molar-refractivity contribution in [2.75, 3.05) is 0 Å². The summed E-state index contributed by atoms with van der Waals surface area (Å²) < 4.78 is 0. The van der Waals surface area contributed by atoms with E-state index in [1.54, 1.807) is 0 Å². The van der Waals surface area contributed by atoms with Gasteiger partial charge in [-0.2, -0.15) is 0 Å². The Morgan fingerprint density at radius 2 is 0.581 bits per heavy atom. The third-order valence-corrected chi connectivity index (χ3v) is 6.83. The second-order valence-electron chi connectivity index (χ2n) is 10.2. The second kappa shape index (κ2) is 26.2. The third-order valence-electron chi connectivity index (χ3n) is 6.83. The molecule has 2 N–H and O–H groups in total. The molecule has 0 aliphatic rings. The molecule has 0 rings (SSSR count). The molecule has 0 aromatic carbocycles. The summed E-state index contributed by atoms with van der Waals surface area (Å²) in [4.78, 5) is 0. The second-order valence-corrected chi connectivity index (χ2v) is 10.2. The molecular formula is C29H60O2. The quantitative estimate of drug-likeness (QED) is 0.131. The smallest absolute Gasteiger partial charge is 0.0564 e. The van der Waals surface area contributed by atoms with Crippen LogP contribution in [0.2, 0.25) is 0 Å². The Kier molecular flexibility index (Phi) is 26.1. The van der Waals surface area contributed by atoms with Gasteiger partial charge >= 0.3 is 0 Å². The maximum absolute atomic E-state index is 10.2. The Balaban J connectivity index is 3.28. The van der Waals surface area contributed by atoms with E-state index in [1.165, 1.54) is 128 Å². The predicted octanol–water partition coefficient (Wildman–Crippen LogP) is 9.50. The number of hydrogen-bond acceptors (Lipinski definition) is 2. The van der Waals surface area contributed by atoms with Crippen LogP contribution in [0.15, 0.2) is 0 Å². The van der Waals surface area contributed by atoms with Gasteiger partial charge in [-0.25, -0.2) is 0 Å². The van der Waals surface area contributed by atoms with E-state index in [1.807, 2.05) is 0 Å². The van der Waals surface area contributed by atoms with Gasteiger partial charge in [-0.15, -0.1) is 0 Å². The Hall–Kier alpha value is -0.0800. The van der Waals surface area contributed by atoms with Gasteiger partial charge in [0.25, 0.3) is 0 Å². The van der Waals surface area contributed by atoms with Crippen LogP contribution < -0.4 is 0 Å². The first-order chi connectivity index (χ1) is 15.2. The molecule has 2 nitrogen and oxygen atoms in total. The summed E-state index contributed by atoms with van der Waals surface area (Å²) in [6.07, 6.45) is 31.3. The average molecular weight is 441 g/mol. The number of aliphatic hydroxyl groups is 2. The van der Waals surface area contributed by atoms with E-state index in [4.69, 9.17) is 0 Å². The van der Waals surface area contributed by atoms with Crippen LogP contribution in [0.25, 0.3) is 0 Å². The highest BCUT2D eigenvalue weighted by Gasteiger charge is 2.11. The van der Waals surface area contributed by atoms with Crippen LogP contribution in [-0.2, 0) is 0 Å². The third kappa shape index (κ3) is 26.1. The van der Waals surface area contributed by atoms with E-state index in [-0.39, 0.29) is 12.2 Å². The van der Waals surface area contributed by atoms with Crippen molar-refractivity contribution in [2.45, 2.75) is 187 Å². The molecule has 0 saturated heterocycles. The molecule has 0 aromatic rings. The van der Waals surface area contributed by atoms with Gasteiger partial charge in [-0.05, 0) is 19.3 Å². The molecule has 2 heteroatoms. The van der Waals surface area contributed by atoms with Gasteiger partial charge in [0, 0.05) is 0 Å². The summed E-state index contributed by atoms with van der Waals surface area (Å²) in [6.45, 7) is 4.55. The fraction of sp³-hybridized carbons (Fsp3) is 1.00. The van der Waals surface area contributed by atoms with Crippen LogP contribution in [0.3, 0.4) is 0 Å². The standard InChI is InChI=1S/C29H60O2/c1-3-5-7-9-11-13-15-16-18-20-22-24-26-29(31)27-28(30)25-23-21-19-17-14-12-10-8-6-4-2/h28-31H,3-27H2,1-2H3. The molecule has 0 saturated carbocycles. The molecule has 0 aromatic heterocycles. The van der Waals surface area contributed by atoms with Crippen LogP contribution in [-0.4, -0.2) is 22.4 Å². The number of hydrogen-bond donors (Lipinski definition) is 2. The van der Waals surface area contributed by atoms with Gasteiger partial charge in [0.1, 0.15) is 0 Å². The summed E-state index contributed by atoms with van der Waals surface area (Å²) in [6, 6.07) is 0. The van der Waals surface area contributed by atoms with Crippen molar-refractivity contribution in [1.82, 2.24) is 0 Å². The lowest BCUT2D eigenvalue weighted by Gasteiger charge is -2.15. The molecule has 2 unspecified atom stereocenters. The molecule has 0 amide bonds. The average Bonchev–Trinajstić information content (AvgIpc) is 2.75. The van der Waals surface area contributed by atoms with Crippen molar-refractivity contribution in [3.05, 3.63) is 0 Å². The highest BCUT2D eigenvalue weighted by molar-refractivity contribution is 4.64. The first-order valence-corrected chi connectivity index (χ1v) is 14.6. The van der Waals surface area contributed by atoms with E-state index in [9.17, 15) is 10.2 Å². The number of aliphatic hydroxyl groups excluding tert-OH is 2. The fourth-order valence-corrected chi connectivity index (χ4v) is 4.64. The minimum atomic E-state index is -0.304. The lowest BCUT2D eigenvalue weighted by Crippen LogP contribution is -2.17. The van der Waals surface area contributed by atoms with Gasteiger partial charge in [0.2, 0.25) is 0 Å². The van der Waals surface area contributed by atoms with Crippen molar-refractivity contribution in [2.24, 2.45) is 0 Å². The van der Waals surface area contributed by atoms with Crippen LogP contribution in [0, 0.1) is 0 Å². The SMILES string of the molecule is CCCCCCCCCCCCCCC(O)CC(O)CCCCCCCCCCCC. The molecule has 0 radical (unpaired) electrons. The fourth-order valence-electron chi connectivity index (χ4n) is 4.64. The maximum atomic E-state index is 10.2. The number of unbranched alkanes of at least 4 members (excludes halogenated alkanes) is 20. The van der Waals surface area contributed by atoms with Gasteiger partial charge < -0.3 is 10.2 Å². The summed E-state index contributed by atoms with van der Waals surface area (Å²) >= 11 is 0. The van der Waals surface area contributed by atoms with Crippen molar-refractivity contribution < 1.29 is 10.2 Å². The van der Waals surface area contributed by atoms with Gasteiger partial charge in [0.15, 0.2) is 0 Å². The lowest BCUT2D eigenvalue weighted by atomic mass is 9.99.